The minimum atomic E-state index is 0.867. The molecule has 0 saturated carbocycles. The summed E-state index contributed by atoms with van der Waals surface area (Å²) in [4.78, 5) is 0. The zero-order chi connectivity index (χ0) is 15.2. The van der Waals surface area contributed by atoms with Gasteiger partial charge < -0.3 is 4.48 Å². The van der Waals surface area contributed by atoms with Crippen molar-refractivity contribution in [2.45, 2.75) is 83.5 Å². The molecule has 3 heteroatoms. The normalized spacial score (nSPS) is 18.0. The highest BCUT2D eigenvalue weighted by Crippen LogP contribution is 2.19. The van der Waals surface area contributed by atoms with Gasteiger partial charge in [-0.1, -0.05) is 44.9 Å². The van der Waals surface area contributed by atoms with Gasteiger partial charge in [0.2, 0.25) is 0 Å². The van der Waals surface area contributed by atoms with Gasteiger partial charge in [-0.3, -0.25) is 5.73 Å². The maximum atomic E-state index is 6.04. The summed E-state index contributed by atoms with van der Waals surface area (Å²) >= 11 is 4.25. The van der Waals surface area contributed by atoms with E-state index in [-0.39, 0.29) is 0 Å². The summed E-state index contributed by atoms with van der Waals surface area (Å²) in [5.74, 6) is 1.06. The predicted octanol–water partition coefficient (Wildman–Crippen LogP) is 4.73. The number of hydrogen-bond acceptors (Lipinski definition) is 2. The van der Waals surface area contributed by atoms with Gasteiger partial charge in [0, 0.05) is 0 Å². The number of thiol groups is 1. The molecule has 0 atom stereocenters. The van der Waals surface area contributed by atoms with E-state index in [1.165, 1.54) is 108 Å². The van der Waals surface area contributed by atoms with Gasteiger partial charge >= 0.3 is 0 Å². The number of nitrogens with two attached hydrogens (primary N) is 1. The molecule has 2 nitrogen and oxygen atoms in total. The lowest BCUT2D eigenvalue weighted by Crippen LogP contribution is -2.55. The maximum absolute atomic E-state index is 6.04. The largest absolute Gasteiger partial charge is 0.311 e. The second kappa shape index (κ2) is 12.8. The standard InChI is InChI=1S/C18H38N2S/c19-18-20(15-11-9-12-16-20)14-10-7-5-3-1-2-4-6-8-13-17-21/h1-19H2/p+1. The Morgan fingerprint density at radius 2 is 1.14 bits per heavy atom. The molecule has 21 heavy (non-hydrogen) atoms. The summed E-state index contributed by atoms with van der Waals surface area (Å²) in [6, 6.07) is 0. The van der Waals surface area contributed by atoms with Crippen LogP contribution in [0, 0.1) is 0 Å². The van der Waals surface area contributed by atoms with E-state index in [1.54, 1.807) is 0 Å². The minimum Gasteiger partial charge on any atom is -0.311 e. The molecule has 0 aromatic heterocycles. The first kappa shape index (κ1) is 19.3. The Bertz CT molecular complexity index is 227. The first-order chi connectivity index (χ1) is 10.3. The van der Waals surface area contributed by atoms with Crippen LogP contribution in [-0.4, -0.2) is 36.5 Å². The molecule has 0 bridgehead atoms. The summed E-state index contributed by atoms with van der Waals surface area (Å²) in [5.41, 5.74) is 6.04. The van der Waals surface area contributed by atoms with Gasteiger partial charge in [-0.25, -0.2) is 0 Å². The molecule has 0 aromatic carbocycles. The molecule has 0 amide bonds. The number of hydrogen-bond donors (Lipinski definition) is 2. The van der Waals surface area contributed by atoms with Gasteiger partial charge in [-0.15, -0.1) is 0 Å². The third-order valence-corrected chi connectivity index (χ3v) is 5.51. The number of piperidine rings is 1. The molecule has 1 aliphatic heterocycles. The third-order valence-electron chi connectivity index (χ3n) is 5.19. The van der Waals surface area contributed by atoms with E-state index in [0.29, 0.717) is 0 Å². The lowest BCUT2D eigenvalue weighted by atomic mass is 10.0. The molecule has 0 radical (unpaired) electrons. The van der Waals surface area contributed by atoms with Crippen LogP contribution in [0.3, 0.4) is 0 Å². The van der Waals surface area contributed by atoms with Crippen LogP contribution in [-0.2, 0) is 0 Å². The average Bonchev–Trinajstić information content (AvgIpc) is 2.53. The maximum Gasteiger partial charge on any atom is 0.130 e. The Labute approximate surface area is 138 Å². The Balaban J connectivity index is 1.87. The van der Waals surface area contributed by atoms with Crippen LogP contribution >= 0.6 is 12.6 Å². The van der Waals surface area contributed by atoms with Gasteiger partial charge in [0.1, 0.15) is 6.67 Å². The number of nitrogens with zero attached hydrogens (tertiary/aromatic N) is 1. The van der Waals surface area contributed by atoms with Crippen LogP contribution in [0.2, 0.25) is 0 Å². The Kier molecular flexibility index (Phi) is 11.8. The molecule has 0 aromatic rings. The second-order valence-corrected chi connectivity index (χ2v) is 7.46. The van der Waals surface area contributed by atoms with E-state index in [4.69, 9.17) is 5.73 Å². The summed E-state index contributed by atoms with van der Waals surface area (Å²) in [6.45, 7) is 4.87. The van der Waals surface area contributed by atoms with Crippen LogP contribution in [0.5, 0.6) is 0 Å². The molecule has 0 aliphatic carbocycles. The Morgan fingerprint density at radius 3 is 1.62 bits per heavy atom. The summed E-state index contributed by atoms with van der Waals surface area (Å²) in [5, 5.41) is 0. The Hall–Kier alpha value is 0.270. The van der Waals surface area contributed by atoms with Crippen molar-refractivity contribution in [1.82, 2.24) is 0 Å². The van der Waals surface area contributed by atoms with E-state index in [1.807, 2.05) is 0 Å². The lowest BCUT2D eigenvalue weighted by molar-refractivity contribution is -0.932. The molecule has 0 unspecified atom stereocenters. The second-order valence-electron chi connectivity index (χ2n) is 7.01. The monoisotopic (exact) mass is 315 g/mol. The molecule has 0 spiro atoms. The predicted molar refractivity (Wildman–Crippen MR) is 97.8 cm³/mol. The SMILES string of the molecule is NC[N+]1(CCCCCCCCCCCCS)CCCCC1. The number of likely N-dealkylation sites (tertiary alicyclic amines) is 1. The van der Waals surface area contributed by atoms with E-state index >= 15 is 0 Å². The fourth-order valence-electron chi connectivity index (χ4n) is 3.65. The van der Waals surface area contributed by atoms with Crippen molar-refractivity contribution in [3.8, 4) is 0 Å². The third kappa shape index (κ3) is 9.10. The molecule has 1 heterocycles. The fourth-order valence-corrected chi connectivity index (χ4v) is 3.88. The van der Waals surface area contributed by atoms with Crippen LogP contribution in [0.1, 0.15) is 83.5 Å². The highest BCUT2D eigenvalue weighted by molar-refractivity contribution is 7.80. The van der Waals surface area contributed by atoms with Crippen molar-refractivity contribution in [2.24, 2.45) is 5.73 Å². The summed E-state index contributed by atoms with van der Waals surface area (Å²) in [6.07, 6.45) is 18.3. The number of unbranched alkanes of at least 4 members (excludes halogenated alkanes) is 9. The van der Waals surface area contributed by atoms with Crippen molar-refractivity contribution in [2.75, 3.05) is 32.1 Å². The van der Waals surface area contributed by atoms with Crippen molar-refractivity contribution in [3.05, 3.63) is 0 Å². The fraction of sp³-hybridized carbons (Fsp3) is 1.00. The van der Waals surface area contributed by atoms with E-state index in [0.717, 1.165) is 12.4 Å². The highest BCUT2D eigenvalue weighted by Gasteiger charge is 2.27. The molecule has 1 aliphatic rings. The molecule has 126 valence electrons. The smallest absolute Gasteiger partial charge is 0.130 e. The average molecular weight is 316 g/mol. The first-order valence-electron chi connectivity index (χ1n) is 9.49. The zero-order valence-corrected chi connectivity index (χ0v) is 15.1. The topological polar surface area (TPSA) is 26.0 Å². The van der Waals surface area contributed by atoms with E-state index in [2.05, 4.69) is 12.6 Å². The van der Waals surface area contributed by atoms with Crippen LogP contribution in [0.25, 0.3) is 0 Å². The lowest BCUT2D eigenvalue weighted by Gasteiger charge is -2.40. The van der Waals surface area contributed by atoms with Crippen molar-refractivity contribution >= 4 is 12.6 Å². The number of quaternary nitrogens is 1. The first-order valence-corrected chi connectivity index (χ1v) is 10.1. The van der Waals surface area contributed by atoms with Crippen LogP contribution in [0.4, 0.5) is 0 Å². The number of rotatable bonds is 13. The highest BCUT2D eigenvalue weighted by atomic mass is 32.1. The quantitative estimate of drug-likeness (QED) is 0.287. The van der Waals surface area contributed by atoms with Gasteiger partial charge in [-0.05, 0) is 44.3 Å². The minimum absolute atomic E-state index is 0.867. The molecular formula is C18H39N2S+. The van der Waals surface area contributed by atoms with E-state index < -0.39 is 0 Å². The van der Waals surface area contributed by atoms with Crippen molar-refractivity contribution < 1.29 is 4.48 Å². The summed E-state index contributed by atoms with van der Waals surface area (Å²) < 4.78 is 1.21. The van der Waals surface area contributed by atoms with Crippen LogP contribution in [0.15, 0.2) is 0 Å². The molecule has 1 rings (SSSR count). The zero-order valence-electron chi connectivity index (χ0n) is 14.2. The van der Waals surface area contributed by atoms with Gasteiger partial charge in [0.05, 0.1) is 19.6 Å². The van der Waals surface area contributed by atoms with Crippen molar-refractivity contribution in [3.63, 3.8) is 0 Å². The molecule has 1 saturated heterocycles. The molecule has 2 N–H and O–H groups in total. The Morgan fingerprint density at radius 1 is 0.667 bits per heavy atom. The van der Waals surface area contributed by atoms with E-state index in [9.17, 15) is 0 Å². The van der Waals surface area contributed by atoms with Gasteiger partial charge in [0.25, 0.3) is 0 Å². The van der Waals surface area contributed by atoms with Gasteiger partial charge in [0.15, 0.2) is 0 Å². The van der Waals surface area contributed by atoms with Gasteiger partial charge in [-0.2, -0.15) is 12.6 Å². The summed E-state index contributed by atoms with van der Waals surface area (Å²) in [7, 11) is 0. The van der Waals surface area contributed by atoms with Crippen LogP contribution < -0.4 is 5.73 Å². The molecular weight excluding hydrogens is 276 g/mol. The molecule has 1 fully saturated rings. The van der Waals surface area contributed by atoms with Crippen molar-refractivity contribution in [1.29, 1.82) is 0 Å².